The zero-order chi connectivity index (χ0) is 21.0. The number of thiazole rings is 1. The molecule has 1 N–H and O–H groups in total. The summed E-state index contributed by atoms with van der Waals surface area (Å²) in [6.07, 6.45) is 1.98. The van der Waals surface area contributed by atoms with Crippen LogP contribution >= 0.6 is 11.3 Å². The SMILES string of the molecule is Cn1/c(=N\N=Nc2cc[n+](C)c3ccccc23)sc2ccccc21.[O-][Cl+3]([O-])([O-])O. The van der Waals surface area contributed by atoms with E-state index in [0.29, 0.717) is 0 Å². The van der Waals surface area contributed by atoms with Gasteiger partial charge in [0.1, 0.15) is 12.7 Å². The van der Waals surface area contributed by atoms with Gasteiger partial charge in [-0.3, -0.25) is 0 Å². The van der Waals surface area contributed by atoms with Gasteiger partial charge in [-0.15, -0.1) is 10.2 Å². The summed E-state index contributed by atoms with van der Waals surface area (Å²) in [5.74, 6) is 0. The molecular formula is C18H17ClN5O4S+. The first-order chi connectivity index (χ1) is 13.7. The molecular weight excluding hydrogens is 418 g/mol. The molecule has 0 radical (unpaired) electrons. The fraction of sp³-hybridized carbons (Fsp3) is 0.111. The maximum Gasteiger partial charge on any atom is 0.214 e. The molecule has 0 unspecified atom stereocenters. The summed E-state index contributed by atoms with van der Waals surface area (Å²) in [6.45, 7) is 0. The van der Waals surface area contributed by atoms with E-state index in [1.807, 2.05) is 61.3 Å². The monoisotopic (exact) mass is 434 g/mol. The molecule has 0 aliphatic rings. The fourth-order valence-corrected chi connectivity index (χ4v) is 3.69. The Kier molecular flexibility index (Phi) is 6.33. The first-order valence-corrected chi connectivity index (χ1v) is 10.3. The van der Waals surface area contributed by atoms with E-state index in [2.05, 4.69) is 38.2 Å². The van der Waals surface area contributed by atoms with Crippen LogP contribution in [0.1, 0.15) is 0 Å². The number of rotatable bonds is 2. The predicted octanol–water partition coefficient (Wildman–Crippen LogP) is -0.307. The van der Waals surface area contributed by atoms with Crippen LogP contribution in [0.4, 0.5) is 5.69 Å². The van der Waals surface area contributed by atoms with Gasteiger partial charge >= 0.3 is 0 Å². The van der Waals surface area contributed by atoms with E-state index in [1.165, 1.54) is 4.70 Å². The summed E-state index contributed by atoms with van der Waals surface area (Å²) in [4.78, 5) is 0.825. The maximum absolute atomic E-state index is 8.60. The summed E-state index contributed by atoms with van der Waals surface area (Å²) in [5.41, 5.74) is 3.08. The molecule has 0 aliphatic heterocycles. The first-order valence-electron chi connectivity index (χ1n) is 8.24. The highest BCUT2D eigenvalue weighted by Crippen LogP contribution is 2.23. The predicted molar refractivity (Wildman–Crippen MR) is 98.2 cm³/mol. The van der Waals surface area contributed by atoms with Gasteiger partial charge in [0.05, 0.1) is 30.5 Å². The largest absolute Gasteiger partial charge is 0.318 e. The first kappa shape index (κ1) is 21.0. The summed E-state index contributed by atoms with van der Waals surface area (Å²) in [7, 11) is -0.685. The van der Waals surface area contributed by atoms with E-state index in [4.69, 9.17) is 18.6 Å². The number of fused-ring (bicyclic) bond motifs is 2. The normalized spacial score (nSPS) is 12.6. The standard InChI is InChI=1S/C18H16N5S.ClHO4/c1-22-12-11-14(13-7-3-4-8-15(13)22)19-21-20-18-23(2)16-9-5-6-10-17(16)24-18;2-1(3,4)5/h3-12H,1-2H3;(H,2,3,4,5)/q+1;. The van der Waals surface area contributed by atoms with Crippen LogP contribution in [-0.2, 0) is 14.1 Å². The van der Waals surface area contributed by atoms with E-state index in [9.17, 15) is 0 Å². The molecule has 2 heterocycles. The number of benzene rings is 2. The van der Waals surface area contributed by atoms with Crippen molar-refractivity contribution in [1.82, 2.24) is 4.57 Å². The number of para-hydroxylation sites is 2. The lowest BCUT2D eigenvalue weighted by Gasteiger charge is -2.03. The van der Waals surface area contributed by atoms with Crippen molar-refractivity contribution in [2.45, 2.75) is 0 Å². The molecule has 0 bridgehead atoms. The van der Waals surface area contributed by atoms with Crippen LogP contribution in [0.25, 0.3) is 21.1 Å². The van der Waals surface area contributed by atoms with E-state index in [-0.39, 0.29) is 0 Å². The molecule has 4 aromatic rings. The second kappa shape index (κ2) is 8.74. The summed E-state index contributed by atoms with van der Waals surface area (Å²) < 4.78 is 38.0. The summed E-state index contributed by atoms with van der Waals surface area (Å²) >= 11 is 1.60. The minimum Gasteiger partial charge on any atom is -0.318 e. The minimum absolute atomic E-state index is 0.816. The van der Waals surface area contributed by atoms with Gasteiger partial charge in [0.15, 0.2) is 6.20 Å². The molecule has 0 aliphatic carbocycles. The third-order valence-electron chi connectivity index (χ3n) is 4.01. The van der Waals surface area contributed by atoms with Crippen molar-refractivity contribution in [3.63, 3.8) is 0 Å². The molecule has 2 aromatic carbocycles. The maximum atomic E-state index is 8.60. The lowest BCUT2D eigenvalue weighted by Crippen LogP contribution is -2.58. The third kappa shape index (κ3) is 5.41. The van der Waals surface area contributed by atoms with Gasteiger partial charge in [-0.25, -0.2) is 4.57 Å². The van der Waals surface area contributed by atoms with Crippen molar-refractivity contribution in [2.75, 3.05) is 0 Å². The van der Waals surface area contributed by atoms with E-state index in [0.717, 1.165) is 26.9 Å². The topological polar surface area (TPSA) is 135 Å². The van der Waals surface area contributed by atoms with Gasteiger partial charge in [-0.1, -0.05) is 35.6 Å². The molecule has 0 fully saturated rings. The third-order valence-corrected chi connectivity index (χ3v) is 5.12. The minimum atomic E-state index is -4.69. The van der Waals surface area contributed by atoms with Crippen molar-refractivity contribution in [3.8, 4) is 0 Å². The Morgan fingerprint density at radius 3 is 2.41 bits per heavy atom. The fourth-order valence-electron chi connectivity index (χ4n) is 2.72. The van der Waals surface area contributed by atoms with Gasteiger partial charge in [-0.05, 0) is 23.4 Å². The van der Waals surface area contributed by atoms with Crippen molar-refractivity contribution in [3.05, 3.63) is 65.6 Å². The summed E-state index contributed by atoms with van der Waals surface area (Å²) in [5, 5.41) is 13.8. The smallest absolute Gasteiger partial charge is 0.214 e. The Morgan fingerprint density at radius 1 is 1.03 bits per heavy atom. The molecule has 0 atom stereocenters. The van der Waals surface area contributed by atoms with Crippen LogP contribution in [-0.4, -0.2) is 9.23 Å². The van der Waals surface area contributed by atoms with Gasteiger partial charge in [0.25, 0.3) is 0 Å². The second-order valence-corrected chi connectivity index (χ2v) is 7.73. The Hall–Kier alpha value is -2.73. The zero-order valence-electron chi connectivity index (χ0n) is 15.5. The molecule has 9 nitrogen and oxygen atoms in total. The van der Waals surface area contributed by atoms with Gasteiger partial charge in [-0.2, -0.15) is 14.0 Å². The molecule has 0 saturated heterocycles. The molecule has 29 heavy (non-hydrogen) atoms. The van der Waals surface area contributed by atoms with Crippen LogP contribution in [0.5, 0.6) is 0 Å². The molecule has 0 spiro atoms. The number of hydrogen-bond donors (Lipinski definition) is 1. The van der Waals surface area contributed by atoms with Crippen LogP contribution < -0.4 is 23.3 Å². The van der Waals surface area contributed by atoms with Crippen molar-refractivity contribution in [1.29, 1.82) is 0 Å². The zero-order valence-corrected chi connectivity index (χ0v) is 17.0. The Labute approximate surface area is 171 Å². The highest BCUT2D eigenvalue weighted by molar-refractivity contribution is 7.16. The van der Waals surface area contributed by atoms with E-state index >= 15 is 0 Å². The molecule has 0 amide bonds. The van der Waals surface area contributed by atoms with Gasteiger partial charge in [0, 0.05) is 19.2 Å². The summed E-state index contributed by atoms with van der Waals surface area (Å²) in [6, 6.07) is 18.3. The highest BCUT2D eigenvalue weighted by Gasteiger charge is 2.08. The molecule has 0 saturated carbocycles. The Balaban J connectivity index is 0.000000431. The van der Waals surface area contributed by atoms with Crippen LogP contribution in [0, 0.1) is 10.2 Å². The van der Waals surface area contributed by atoms with Crippen molar-refractivity contribution < 1.29 is 33.4 Å². The van der Waals surface area contributed by atoms with Crippen LogP contribution in [0.3, 0.4) is 0 Å². The lowest BCUT2D eigenvalue weighted by atomic mass is 10.2. The van der Waals surface area contributed by atoms with E-state index < -0.39 is 10.2 Å². The second-order valence-electron chi connectivity index (χ2n) is 5.93. The number of pyridine rings is 1. The average molecular weight is 435 g/mol. The number of aromatic nitrogens is 2. The van der Waals surface area contributed by atoms with Crippen molar-refractivity contribution >= 4 is 38.1 Å². The van der Waals surface area contributed by atoms with Crippen LogP contribution in [0.2, 0.25) is 0 Å². The molecule has 11 heteroatoms. The highest BCUT2D eigenvalue weighted by atomic mass is 35.7. The quantitative estimate of drug-likeness (QED) is 0.263. The lowest BCUT2D eigenvalue weighted by molar-refractivity contribution is -1.92. The van der Waals surface area contributed by atoms with Crippen LogP contribution in [0.15, 0.2) is 76.2 Å². The number of aryl methyl sites for hydroxylation is 2. The van der Waals surface area contributed by atoms with E-state index in [1.54, 1.807) is 11.3 Å². The average Bonchev–Trinajstić information content (AvgIpc) is 2.99. The molecule has 2 aromatic heterocycles. The molecule has 150 valence electrons. The number of halogens is 1. The Morgan fingerprint density at radius 2 is 1.69 bits per heavy atom. The Bertz CT molecular complexity index is 1240. The number of hydrogen-bond acceptors (Lipinski definition) is 7. The molecule has 4 rings (SSSR count). The van der Waals surface area contributed by atoms with Gasteiger partial charge in [0.2, 0.25) is 10.3 Å². The van der Waals surface area contributed by atoms with Gasteiger partial charge < -0.3 is 4.57 Å². The van der Waals surface area contributed by atoms with Crippen molar-refractivity contribution in [2.24, 2.45) is 29.5 Å². The number of nitrogens with zero attached hydrogens (tertiary/aromatic N) is 5.